The summed E-state index contributed by atoms with van der Waals surface area (Å²) < 4.78 is 12.7. The molecule has 0 saturated heterocycles. The van der Waals surface area contributed by atoms with Crippen LogP contribution < -0.4 is 21.1 Å². The Bertz CT molecular complexity index is 367. The Morgan fingerprint density at radius 1 is 1.28 bits per heavy atom. The van der Waals surface area contributed by atoms with Gasteiger partial charge in [-0.3, -0.25) is 10.9 Å². The Morgan fingerprint density at radius 3 is 2.56 bits per heavy atom. The van der Waals surface area contributed by atoms with Gasteiger partial charge in [0.25, 0.3) is 0 Å². The summed E-state index contributed by atoms with van der Waals surface area (Å²) >= 11 is 5.09. The summed E-state index contributed by atoms with van der Waals surface area (Å²) in [7, 11) is 4.24. The van der Waals surface area contributed by atoms with Crippen molar-refractivity contribution in [3.05, 3.63) is 30.1 Å². The van der Waals surface area contributed by atoms with Crippen LogP contribution in [-0.2, 0) is 0 Å². The third-order valence-electron chi connectivity index (χ3n) is 2.30. The van der Waals surface area contributed by atoms with Gasteiger partial charge < -0.3 is 10.2 Å². The van der Waals surface area contributed by atoms with Gasteiger partial charge in [-0.25, -0.2) is 4.39 Å². The summed E-state index contributed by atoms with van der Waals surface area (Å²) in [6.45, 7) is 1.93. The minimum Gasteiger partial charge on any atom is -0.361 e. The van der Waals surface area contributed by atoms with Crippen LogP contribution in [0, 0.1) is 5.82 Å². The monoisotopic (exact) mass is 271 g/mol. The number of hydrogen-bond acceptors (Lipinski definition) is 2. The zero-order valence-corrected chi connectivity index (χ0v) is 11.5. The van der Waals surface area contributed by atoms with E-state index in [2.05, 4.69) is 30.3 Å². The van der Waals surface area contributed by atoms with Crippen LogP contribution in [0.2, 0.25) is 0 Å². The Kier molecular flexibility index (Phi) is 6.38. The number of halogens is 1. The Labute approximate surface area is 113 Å². The SMILES string of the molecule is C[NH+](C)CCCNC(=S)NNc1ccc(F)cc1. The fraction of sp³-hybridized carbons (Fsp3) is 0.417. The van der Waals surface area contributed by atoms with Gasteiger partial charge in [0, 0.05) is 13.0 Å². The molecule has 0 aromatic heterocycles. The highest BCUT2D eigenvalue weighted by Crippen LogP contribution is 2.06. The van der Waals surface area contributed by atoms with Crippen LogP contribution in [0.3, 0.4) is 0 Å². The van der Waals surface area contributed by atoms with Gasteiger partial charge in [-0.1, -0.05) is 0 Å². The topological polar surface area (TPSA) is 40.5 Å². The Morgan fingerprint density at radius 2 is 1.94 bits per heavy atom. The first-order valence-electron chi connectivity index (χ1n) is 5.92. The molecule has 0 amide bonds. The zero-order valence-electron chi connectivity index (χ0n) is 10.7. The third-order valence-corrected chi connectivity index (χ3v) is 2.55. The number of benzene rings is 1. The lowest BCUT2D eigenvalue weighted by atomic mass is 10.3. The normalized spacial score (nSPS) is 10.2. The lowest BCUT2D eigenvalue weighted by Gasteiger charge is -2.13. The minimum absolute atomic E-state index is 0.257. The molecule has 4 N–H and O–H groups in total. The summed E-state index contributed by atoms with van der Waals surface area (Å²) in [6, 6.07) is 6.06. The van der Waals surface area contributed by atoms with Crippen LogP contribution in [0.1, 0.15) is 6.42 Å². The van der Waals surface area contributed by atoms with Gasteiger partial charge in [0.2, 0.25) is 0 Å². The average molecular weight is 271 g/mol. The van der Waals surface area contributed by atoms with Gasteiger partial charge in [0.15, 0.2) is 5.11 Å². The van der Waals surface area contributed by atoms with Gasteiger partial charge in [0.05, 0.1) is 26.3 Å². The molecule has 0 aliphatic heterocycles. The number of rotatable bonds is 6. The number of hydrogen-bond donors (Lipinski definition) is 4. The van der Waals surface area contributed by atoms with E-state index in [4.69, 9.17) is 12.2 Å². The molecule has 4 nitrogen and oxygen atoms in total. The molecule has 100 valence electrons. The summed E-state index contributed by atoms with van der Waals surface area (Å²) in [6.07, 6.45) is 1.06. The molecule has 0 radical (unpaired) electrons. The molecule has 0 fully saturated rings. The van der Waals surface area contributed by atoms with Crippen LogP contribution in [0.25, 0.3) is 0 Å². The van der Waals surface area contributed by atoms with Crippen LogP contribution in [0.5, 0.6) is 0 Å². The largest absolute Gasteiger partial charge is 0.361 e. The average Bonchev–Trinajstić information content (AvgIpc) is 2.34. The number of hydrazine groups is 1. The Balaban J connectivity index is 2.15. The van der Waals surface area contributed by atoms with E-state index < -0.39 is 0 Å². The van der Waals surface area contributed by atoms with Gasteiger partial charge in [0.1, 0.15) is 5.82 Å². The predicted molar refractivity (Wildman–Crippen MR) is 76.1 cm³/mol. The third kappa shape index (κ3) is 6.36. The molecular formula is C12H20FN4S+. The van der Waals surface area contributed by atoms with Crippen molar-refractivity contribution in [2.75, 3.05) is 32.6 Å². The maximum absolute atomic E-state index is 12.7. The highest BCUT2D eigenvalue weighted by atomic mass is 32.1. The summed E-state index contributed by atoms with van der Waals surface area (Å²) in [4.78, 5) is 1.42. The van der Waals surface area contributed by atoms with Crippen molar-refractivity contribution >= 4 is 23.0 Å². The molecule has 6 heteroatoms. The number of thiocarbonyl (C=S) groups is 1. The first-order valence-corrected chi connectivity index (χ1v) is 6.33. The predicted octanol–water partition coefficient (Wildman–Crippen LogP) is 0.151. The summed E-state index contributed by atoms with van der Waals surface area (Å²) in [5.41, 5.74) is 6.51. The molecule has 1 aromatic rings. The van der Waals surface area contributed by atoms with Crippen LogP contribution in [-0.4, -0.2) is 32.3 Å². The van der Waals surface area contributed by atoms with Crippen LogP contribution in [0.4, 0.5) is 10.1 Å². The molecule has 0 aliphatic carbocycles. The summed E-state index contributed by atoms with van der Waals surface area (Å²) in [5.74, 6) is -0.257. The highest BCUT2D eigenvalue weighted by molar-refractivity contribution is 7.80. The standard InChI is InChI=1S/C12H19FN4S/c1-17(2)9-3-8-14-12(18)16-15-11-6-4-10(13)5-7-11/h4-7,15H,3,8-9H2,1-2H3,(H2,14,16,18)/p+1. The molecule has 0 unspecified atom stereocenters. The summed E-state index contributed by atoms with van der Waals surface area (Å²) in [5, 5.41) is 3.63. The minimum atomic E-state index is -0.257. The van der Waals surface area contributed by atoms with E-state index in [1.54, 1.807) is 12.1 Å². The molecule has 0 bridgehead atoms. The van der Waals surface area contributed by atoms with E-state index >= 15 is 0 Å². The van der Waals surface area contributed by atoms with Gasteiger partial charge in [-0.05, 0) is 36.5 Å². The smallest absolute Gasteiger partial charge is 0.185 e. The molecule has 0 saturated carbocycles. The number of quaternary nitrogens is 1. The number of anilines is 1. The first-order chi connectivity index (χ1) is 8.58. The van der Waals surface area contributed by atoms with Crippen molar-refractivity contribution in [3.63, 3.8) is 0 Å². The molecule has 0 spiro atoms. The Hall–Kier alpha value is -1.40. The maximum atomic E-state index is 12.7. The van der Waals surface area contributed by atoms with E-state index in [1.807, 2.05) is 0 Å². The van der Waals surface area contributed by atoms with Crippen LogP contribution in [0.15, 0.2) is 24.3 Å². The van der Waals surface area contributed by atoms with Crippen molar-refractivity contribution in [2.45, 2.75) is 6.42 Å². The van der Waals surface area contributed by atoms with Gasteiger partial charge in [-0.2, -0.15) is 0 Å². The van der Waals surface area contributed by atoms with E-state index in [9.17, 15) is 4.39 Å². The fourth-order valence-electron chi connectivity index (χ4n) is 1.35. The van der Waals surface area contributed by atoms with Crippen molar-refractivity contribution in [1.82, 2.24) is 10.7 Å². The molecule has 1 aromatic carbocycles. The lowest BCUT2D eigenvalue weighted by molar-refractivity contribution is -0.858. The van der Waals surface area contributed by atoms with Gasteiger partial charge in [-0.15, -0.1) is 0 Å². The molecular weight excluding hydrogens is 251 g/mol. The van der Waals surface area contributed by atoms with Crippen molar-refractivity contribution in [1.29, 1.82) is 0 Å². The second kappa shape index (κ2) is 7.84. The fourth-order valence-corrected chi connectivity index (χ4v) is 1.50. The molecule has 0 atom stereocenters. The molecule has 0 heterocycles. The van der Waals surface area contributed by atoms with E-state index in [0.29, 0.717) is 5.11 Å². The van der Waals surface area contributed by atoms with Crippen molar-refractivity contribution in [3.8, 4) is 0 Å². The van der Waals surface area contributed by atoms with Crippen LogP contribution >= 0.6 is 12.2 Å². The van der Waals surface area contributed by atoms with E-state index in [1.165, 1.54) is 17.0 Å². The van der Waals surface area contributed by atoms with Gasteiger partial charge >= 0.3 is 0 Å². The second-order valence-corrected chi connectivity index (χ2v) is 4.73. The molecule has 0 aliphatic rings. The second-order valence-electron chi connectivity index (χ2n) is 4.32. The van der Waals surface area contributed by atoms with E-state index in [0.717, 1.165) is 25.2 Å². The molecule has 18 heavy (non-hydrogen) atoms. The quantitative estimate of drug-likeness (QED) is 0.338. The maximum Gasteiger partial charge on any atom is 0.185 e. The highest BCUT2D eigenvalue weighted by Gasteiger charge is 1.97. The zero-order chi connectivity index (χ0) is 13.4. The van der Waals surface area contributed by atoms with E-state index in [-0.39, 0.29) is 5.82 Å². The first kappa shape index (κ1) is 14.7. The van der Waals surface area contributed by atoms with Crippen molar-refractivity contribution < 1.29 is 9.29 Å². The molecule has 1 rings (SSSR count). The lowest BCUT2D eigenvalue weighted by Crippen LogP contribution is -3.05. The van der Waals surface area contributed by atoms with Crippen molar-refractivity contribution in [2.24, 2.45) is 0 Å². The number of nitrogens with one attached hydrogen (secondary N) is 4.